The van der Waals surface area contributed by atoms with Gasteiger partial charge in [-0.3, -0.25) is 4.79 Å². The first kappa shape index (κ1) is 11.6. The minimum absolute atomic E-state index is 0.143. The minimum Gasteiger partial charge on any atom is -0.379 e. The first-order valence-corrected chi connectivity index (χ1v) is 4.29. The van der Waals surface area contributed by atoms with E-state index in [1.54, 1.807) is 0 Å². The van der Waals surface area contributed by atoms with Crippen LogP contribution in [-0.4, -0.2) is 32.2 Å². The SMILES string of the molecule is COCC(=O)CCCOC(C)C. The second kappa shape index (κ2) is 7.25. The van der Waals surface area contributed by atoms with E-state index in [9.17, 15) is 4.79 Å². The van der Waals surface area contributed by atoms with Gasteiger partial charge in [-0.25, -0.2) is 0 Å². The summed E-state index contributed by atoms with van der Waals surface area (Å²) in [6, 6.07) is 0. The maximum atomic E-state index is 10.9. The first-order valence-electron chi connectivity index (χ1n) is 4.29. The van der Waals surface area contributed by atoms with Crippen molar-refractivity contribution in [2.75, 3.05) is 20.3 Å². The van der Waals surface area contributed by atoms with E-state index >= 15 is 0 Å². The molecular formula is C9H18O3. The Balaban J connectivity index is 3.14. The number of carbonyl (C=O) groups is 1. The summed E-state index contributed by atoms with van der Waals surface area (Å²) in [7, 11) is 1.53. The lowest BCUT2D eigenvalue weighted by molar-refractivity contribution is -0.123. The molecular weight excluding hydrogens is 156 g/mol. The van der Waals surface area contributed by atoms with Crippen LogP contribution in [0.15, 0.2) is 0 Å². The van der Waals surface area contributed by atoms with Crippen molar-refractivity contribution < 1.29 is 14.3 Å². The number of ether oxygens (including phenoxy) is 2. The van der Waals surface area contributed by atoms with Gasteiger partial charge in [0.1, 0.15) is 6.61 Å². The van der Waals surface area contributed by atoms with Gasteiger partial charge in [0.25, 0.3) is 0 Å². The fourth-order valence-corrected chi connectivity index (χ4v) is 0.822. The number of hydrogen-bond donors (Lipinski definition) is 0. The smallest absolute Gasteiger partial charge is 0.158 e. The van der Waals surface area contributed by atoms with Crippen molar-refractivity contribution in [3.63, 3.8) is 0 Å². The molecule has 0 unspecified atom stereocenters. The highest BCUT2D eigenvalue weighted by Gasteiger charge is 2.00. The summed E-state index contributed by atoms with van der Waals surface area (Å²) < 4.78 is 9.97. The molecule has 12 heavy (non-hydrogen) atoms. The van der Waals surface area contributed by atoms with Crippen LogP contribution in [0.4, 0.5) is 0 Å². The molecule has 3 heteroatoms. The quantitative estimate of drug-likeness (QED) is 0.547. The number of rotatable bonds is 7. The van der Waals surface area contributed by atoms with Crippen LogP contribution in [0.2, 0.25) is 0 Å². The molecule has 0 heterocycles. The Bertz CT molecular complexity index is 121. The second-order valence-electron chi connectivity index (χ2n) is 2.99. The summed E-state index contributed by atoms with van der Waals surface area (Å²) >= 11 is 0. The van der Waals surface area contributed by atoms with Crippen molar-refractivity contribution in [3.05, 3.63) is 0 Å². The number of ketones is 1. The number of Topliss-reactive ketones (excluding diaryl/α,β-unsaturated/α-hetero) is 1. The van der Waals surface area contributed by atoms with E-state index in [0.717, 1.165) is 6.42 Å². The molecule has 0 aromatic carbocycles. The Kier molecular flexibility index (Phi) is 7.00. The molecule has 0 spiro atoms. The zero-order valence-corrected chi connectivity index (χ0v) is 8.13. The molecule has 0 rings (SSSR count). The van der Waals surface area contributed by atoms with E-state index in [4.69, 9.17) is 9.47 Å². The van der Waals surface area contributed by atoms with Gasteiger partial charge in [0.2, 0.25) is 0 Å². The van der Waals surface area contributed by atoms with Crippen LogP contribution in [0.5, 0.6) is 0 Å². The number of hydrogen-bond acceptors (Lipinski definition) is 3. The molecule has 0 atom stereocenters. The van der Waals surface area contributed by atoms with Crippen LogP contribution in [-0.2, 0) is 14.3 Å². The molecule has 72 valence electrons. The van der Waals surface area contributed by atoms with Crippen molar-refractivity contribution in [2.45, 2.75) is 32.8 Å². The van der Waals surface area contributed by atoms with Gasteiger partial charge in [0.05, 0.1) is 6.10 Å². The minimum atomic E-state index is 0.143. The van der Waals surface area contributed by atoms with Gasteiger partial charge >= 0.3 is 0 Å². The third kappa shape index (κ3) is 7.69. The van der Waals surface area contributed by atoms with Crippen LogP contribution in [0.25, 0.3) is 0 Å². The van der Waals surface area contributed by atoms with Gasteiger partial charge in [-0.2, -0.15) is 0 Å². The Hall–Kier alpha value is -0.410. The van der Waals surface area contributed by atoms with Gasteiger partial charge < -0.3 is 9.47 Å². The highest BCUT2D eigenvalue weighted by Crippen LogP contribution is 1.95. The van der Waals surface area contributed by atoms with E-state index in [0.29, 0.717) is 13.0 Å². The molecule has 0 fully saturated rings. The van der Waals surface area contributed by atoms with Crippen molar-refractivity contribution in [2.24, 2.45) is 0 Å². The number of methoxy groups -OCH3 is 1. The van der Waals surface area contributed by atoms with Gasteiger partial charge in [-0.15, -0.1) is 0 Å². The normalized spacial score (nSPS) is 10.7. The van der Waals surface area contributed by atoms with E-state index in [-0.39, 0.29) is 18.5 Å². The van der Waals surface area contributed by atoms with Crippen LogP contribution in [0, 0.1) is 0 Å². The Labute approximate surface area is 74.0 Å². The Morgan fingerprint density at radius 2 is 2.08 bits per heavy atom. The Morgan fingerprint density at radius 1 is 1.42 bits per heavy atom. The van der Waals surface area contributed by atoms with Crippen molar-refractivity contribution in [1.82, 2.24) is 0 Å². The van der Waals surface area contributed by atoms with Crippen LogP contribution in [0.3, 0.4) is 0 Å². The highest BCUT2D eigenvalue weighted by atomic mass is 16.5. The molecule has 0 amide bonds. The number of carbonyl (C=O) groups excluding carboxylic acids is 1. The fourth-order valence-electron chi connectivity index (χ4n) is 0.822. The van der Waals surface area contributed by atoms with E-state index in [1.165, 1.54) is 7.11 Å². The molecule has 0 aliphatic heterocycles. The average Bonchev–Trinajstić information content (AvgIpc) is 1.98. The molecule has 0 saturated carbocycles. The predicted molar refractivity (Wildman–Crippen MR) is 47.2 cm³/mol. The standard InChI is InChI=1S/C9H18O3/c1-8(2)12-6-4-5-9(10)7-11-3/h8H,4-7H2,1-3H3. The van der Waals surface area contributed by atoms with Crippen LogP contribution in [0.1, 0.15) is 26.7 Å². The lowest BCUT2D eigenvalue weighted by atomic mass is 10.2. The van der Waals surface area contributed by atoms with Gasteiger partial charge in [0.15, 0.2) is 5.78 Å². The summed E-state index contributed by atoms with van der Waals surface area (Å²) in [5, 5.41) is 0. The van der Waals surface area contributed by atoms with Gasteiger partial charge in [-0.1, -0.05) is 0 Å². The van der Waals surface area contributed by atoms with Gasteiger partial charge in [-0.05, 0) is 20.3 Å². The molecule has 0 bridgehead atoms. The molecule has 0 saturated heterocycles. The first-order chi connectivity index (χ1) is 5.66. The predicted octanol–water partition coefficient (Wildman–Crippen LogP) is 1.41. The van der Waals surface area contributed by atoms with E-state index in [2.05, 4.69) is 0 Å². The highest BCUT2D eigenvalue weighted by molar-refractivity contribution is 5.79. The largest absolute Gasteiger partial charge is 0.379 e. The summed E-state index contributed by atoms with van der Waals surface area (Å²) in [5.74, 6) is 0.143. The summed E-state index contributed by atoms with van der Waals surface area (Å²) in [6.07, 6.45) is 1.60. The lowest BCUT2D eigenvalue weighted by Gasteiger charge is -2.06. The maximum Gasteiger partial charge on any atom is 0.158 e. The zero-order valence-electron chi connectivity index (χ0n) is 8.13. The molecule has 0 radical (unpaired) electrons. The summed E-state index contributed by atoms with van der Waals surface area (Å²) in [5.41, 5.74) is 0. The lowest BCUT2D eigenvalue weighted by Crippen LogP contribution is -2.09. The van der Waals surface area contributed by atoms with Crippen molar-refractivity contribution >= 4 is 5.78 Å². The molecule has 3 nitrogen and oxygen atoms in total. The topological polar surface area (TPSA) is 35.5 Å². The average molecular weight is 174 g/mol. The zero-order chi connectivity index (χ0) is 9.40. The third-order valence-electron chi connectivity index (χ3n) is 1.36. The summed E-state index contributed by atoms with van der Waals surface area (Å²) in [4.78, 5) is 10.9. The van der Waals surface area contributed by atoms with Crippen LogP contribution < -0.4 is 0 Å². The Morgan fingerprint density at radius 3 is 2.58 bits per heavy atom. The molecule has 0 aliphatic rings. The second-order valence-corrected chi connectivity index (χ2v) is 2.99. The van der Waals surface area contributed by atoms with Crippen molar-refractivity contribution in [3.8, 4) is 0 Å². The van der Waals surface area contributed by atoms with E-state index in [1.807, 2.05) is 13.8 Å². The fraction of sp³-hybridized carbons (Fsp3) is 0.889. The summed E-state index contributed by atoms with van der Waals surface area (Å²) in [6.45, 7) is 4.85. The molecule has 0 aromatic heterocycles. The van der Waals surface area contributed by atoms with Crippen molar-refractivity contribution in [1.29, 1.82) is 0 Å². The van der Waals surface area contributed by atoms with Crippen LogP contribution >= 0.6 is 0 Å². The molecule has 0 N–H and O–H groups in total. The third-order valence-corrected chi connectivity index (χ3v) is 1.36. The van der Waals surface area contributed by atoms with Gasteiger partial charge in [0, 0.05) is 20.1 Å². The maximum absolute atomic E-state index is 10.9. The molecule has 0 aliphatic carbocycles. The van der Waals surface area contributed by atoms with E-state index < -0.39 is 0 Å². The molecule has 0 aromatic rings. The monoisotopic (exact) mass is 174 g/mol.